The molecule has 6 nitrogen and oxygen atoms in total. The van der Waals surface area contributed by atoms with Gasteiger partial charge in [0, 0.05) is 37.2 Å². The Morgan fingerprint density at radius 3 is 2.87 bits per heavy atom. The van der Waals surface area contributed by atoms with Gasteiger partial charge in [-0.1, -0.05) is 18.2 Å². The molecular weight excluding hydrogens is 290 g/mol. The quantitative estimate of drug-likeness (QED) is 0.741. The van der Waals surface area contributed by atoms with E-state index in [0.29, 0.717) is 13.0 Å². The number of fused-ring (bicyclic) bond motifs is 1. The van der Waals surface area contributed by atoms with Crippen LogP contribution in [0.25, 0.3) is 10.9 Å². The molecule has 0 saturated carbocycles. The number of aromatic nitrogens is 4. The van der Waals surface area contributed by atoms with E-state index in [1.807, 2.05) is 24.1 Å². The largest absolute Gasteiger partial charge is 0.350 e. The van der Waals surface area contributed by atoms with E-state index >= 15 is 0 Å². The molecule has 1 atom stereocenters. The number of amides is 1. The highest BCUT2D eigenvalue weighted by atomic mass is 16.2. The molecule has 0 radical (unpaired) electrons. The maximum Gasteiger partial charge on any atom is 0.227 e. The number of likely N-dealkylation sites (tertiary alicyclic amines) is 1. The molecule has 6 heteroatoms. The molecule has 3 aromatic rings. The fourth-order valence-corrected chi connectivity index (χ4v) is 3.41. The Kier molecular flexibility index (Phi) is 3.37. The van der Waals surface area contributed by atoms with E-state index in [2.05, 4.69) is 33.1 Å². The van der Waals surface area contributed by atoms with Crippen LogP contribution in [0.1, 0.15) is 18.0 Å². The first-order valence-corrected chi connectivity index (χ1v) is 7.89. The molecular formula is C17H19N5O. The second-order valence-electron chi connectivity index (χ2n) is 6.09. The van der Waals surface area contributed by atoms with Crippen molar-refractivity contribution in [3.63, 3.8) is 0 Å². The standard InChI is InChI=1S/C17H19N5O/c1-20-11-13(15-4-2-3-5-16(15)20)10-17(23)21-9-6-14(12-21)22-18-7-8-19-22/h2-5,7-8,11,14H,6,9-10,12H2,1H3. The highest BCUT2D eigenvalue weighted by Crippen LogP contribution is 2.24. The molecule has 1 amide bonds. The van der Waals surface area contributed by atoms with Gasteiger partial charge in [-0.25, -0.2) is 0 Å². The average Bonchev–Trinajstić information content (AvgIpc) is 3.28. The Morgan fingerprint density at radius 1 is 1.26 bits per heavy atom. The lowest BCUT2D eigenvalue weighted by molar-refractivity contribution is -0.129. The molecule has 1 aliphatic rings. The number of nitrogens with zero attached hydrogens (tertiary/aromatic N) is 5. The van der Waals surface area contributed by atoms with E-state index in [0.717, 1.165) is 29.4 Å². The monoisotopic (exact) mass is 309 g/mol. The Labute approximate surface area is 134 Å². The van der Waals surface area contributed by atoms with Crippen LogP contribution in [0, 0.1) is 0 Å². The van der Waals surface area contributed by atoms with Crippen LogP contribution in [0.5, 0.6) is 0 Å². The minimum atomic E-state index is 0.177. The summed E-state index contributed by atoms with van der Waals surface area (Å²) in [7, 11) is 2.02. The zero-order valence-electron chi connectivity index (χ0n) is 13.1. The van der Waals surface area contributed by atoms with E-state index in [1.54, 1.807) is 17.2 Å². The second-order valence-corrected chi connectivity index (χ2v) is 6.09. The third-order valence-electron chi connectivity index (χ3n) is 4.60. The van der Waals surface area contributed by atoms with E-state index < -0.39 is 0 Å². The van der Waals surface area contributed by atoms with Gasteiger partial charge in [-0.15, -0.1) is 0 Å². The van der Waals surface area contributed by atoms with Gasteiger partial charge in [-0.05, 0) is 18.1 Å². The van der Waals surface area contributed by atoms with Crippen LogP contribution < -0.4 is 0 Å². The number of aryl methyl sites for hydroxylation is 1. The summed E-state index contributed by atoms with van der Waals surface area (Å²) in [5, 5.41) is 9.53. The molecule has 23 heavy (non-hydrogen) atoms. The first-order valence-electron chi connectivity index (χ1n) is 7.89. The number of para-hydroxylation sites is 1. The van der Waals surface area contributed by atoms with Crippen molar-refractivity contribution in [2.24, 2.45) is 7.05 Å². The lowest BCUT2D eigenvalue weighted by atomic mass is 10.1. The number of carbonyl (C=O) groups is 1. The minimum Gasteiger partial charge on any atom is -0.350 e. The number of rotatable bonds is 3. The normalized spacial score (nSPS) is 18.0. The van der Waals surface area contributed by atoms with Crippen LogP contribution >= 0.6 is 0 Å². The Bertz CT molecular complexity index is 836. The fourth-order valence-electron chi connectivity index (χ4n) is 3.41. The SMILES string of the molecule is Cn1cc(CC(=O)N2CCC(n3nccn3)C2)c2ccccc21. The molecule has 4 rings (SSSR count). The molecule has 1 unspecified atom stereocenters. The van der Waals surface area contributed by atoms with Gasteiger partial charge in [0.05, 0.1) is 24.9 Å². The summed E-state index contributed by atoms with van der Waals surface area (Å²) in [6, 6.07) is 8.40. The maximum atomic E-state index is 12.6. The van der Waals surface area contributed by atoms with E-state index in [-0.39, 0.29) is 11.9 Å². The van der Waals surface area contributed by atoms with E-state index in [4.69, 9.17) is 0 Å². The lowest BCUT2D eigenvalue weighted by Crippen LogP contribution is -2.30. The van der Waals surface area contributed by atoms with Gasteiger partial charge in [-0.2, -0.15) is 15.0 Å². The second kappa shape index (κ2) is 5.53. The molecule has 1 aromatic carbocycles. The zero-order valence-corrected chi connectivity index (χ0v) is 13.1. The van der Waals surface area contributed by atoms with Gasteiger partial charge in [0.15, 0.2) is 0 Å². The van der Waals surface area contributed by atoms with Gasteiger partial charge in [-0.3, -0.25) is 4.79 Å². The van der Waals surface area contributed by atoms with Gasteiger partial charge in [0.1, 0.15) is 0 Å². The zero-order chi connectivity index (χ0) is 15.8. The molecule has 1 aliphatic heterocycles. The Morgan fingerprint density at radius 2 is 2.04 bits per heavy atom. The summed E-state index contributed by atoms with van der Waals surface area (Å²) in [4.78, 5) is 16.3. The van der Waals surface area contributed by atoms with Crippen LogP contribution in [0.3, 0.4) is 0 Å². The summed E-state index contributed by atoms with van der Waals surface area (Å²) < 4.78 is 2.08. The summed E-state index contributed by atoms with van der Waals surface area (Å²) in [6.45, 7) is 1.47. The van der Waals surface area contributed by atoms with Crippen molar-refractivity contribution in [1.82, 2.24) is 24.5 Å². The fraction of sp³-hybridized carbons (Fsp3) is 0.353. The van der Waals surface area contributed by atoms with Crippen LogP contribution in [0.15, 0.2) is 42.9 Å². The van der Waals surface area contributed by atoms with E-state index in [1.165, 1.54) is 0 Å². The Hall–Kier alpha value is -2.63. The first kappa shape index (κ1) is 14.0. The minimum absolute atomic E-state index is 0.177. The van der Waals surface area contributed by atoms with Gasteiger partial charge >= 0.3 is 0 Å². The maximum absolute atomic E-state index is 12.6. The molecule has 3 heterocycles. The summed E-state index contributed by atoms with van der Waals surface area (Å²) >= 11 is 0. The average molecular weight is 309 g/mol. The summed E-state index contributed by atoms with van der Waals surface area (Å²) in [6.07, 6.45) is 6.78. The van der Waals surface area contributed by atoms with Crippen LogP contribution in [0.4, 0.5) is 0 Å². The van der Waals surface area contributed by atoms with Gasteiger partial charge in [0.2, 0.25) is 5.91 Å². The highest BCUT2D eigenvalue weighted by Gasteiger charge is 2.28. The molecule has 0 bridgehead atoms. The third kappa shape index (κ3) is 2.50. The van der Waals surface area contributed by atoms with Crippen molar-refractivity contribution in [3.05, 3.63) is 48.4 Å². The van der Waals surface area contributed by atoms with Gasteiger partial charge < -0.3 is 9.47 Å². The van der Waals surface area contributed by atoms with Gasteiger partial charge in [0.25, 0.3) is 0 Å². The van der Waals surface area contributed by atoms with Crippen LogP contribution in [-0.2, 0) is 18.3 Å². The number of hydrogen-bond donors (Lipinski definition) is 0. The number of benzene rings is 1. The number of carbonyl (C=O) groups excluding carboxylic acids is 1. The third-order valence-corrected chi connectivity index (χ3v) is 4.60. The predicted molar refractivity (Wildman–Crippen MR) is 86.9 cm³/mol. The van der Waals surface area contributed by atoms with Crippen molar-refractivity contribution in [1.29, 1.82) is 0 Å². The van der Waals surface area contributed by atoms with Crippen molar-refractivity contribution in [3.8, 4) is 0 Å². The van der Waals surface area contributed by atoms with Crippen molar-refractivity contribution < 1.29 is 4.79 Å². The summed E-state index contributed by atoms with van der Waals surface area (Å²) in [5.74, 6) is 0.177. The lowest BCUT2D eigenvalue weighted by Gasteiger charge is -2.16. The van der Waals surface area contributed by atoms with Crippen LogP contribution in [-0.4, -0.2) is 43.5 Å². The molecule has 0 spiro atoms. The Balaban J connectivity index is 1.50. The number of hydrogen-bond acceptors (Lipinski definition) is 3. The molecule has 1 fully saturated rings. The molecule has 2 aromatic heterocycles. The van der Waals surface area contributed by atoms with E-state index in [9.17, 15) is 4.79 Å². The van der Waals surface area contributed by atoms with Crippen LogP contribution in [0.2, 0.25) is 0 Å². The van der Waals surface area contributed by atoms with Crippen molar-refractivity contribution in [2.45, 2.75) is 18.9 Å². The first-order chi connectivity index (χ1) is 11.2. The molecule has 0 N–H and O–H groups in total. The smallest absolute Gasteiger partial charge is 0.227 e. The summed E-state index contributed by atoms with van der Waals surface area (Å²) in [5.41, 5.74) is 2.25. The highest BCUT2D eigenvalue weighted by molar-refractivity contribution is 5.89. The molecule has 118 valence electrons. The predicted octanol–water partition coefficient (Wildman–Crippen LogP) is 1.79. The van der Waals surface area contributed by atoms with Crippen molar-refractivity contribution >= 4 is 16.8 Å². The van der Waals surface area contributed by atoms with Crippen molar-refractivity contribution in [2.75, 3.05) is 13.1 Å². The topological polar surface area (TPSA) is 56.0 Å². The molecule has 0 aliphatic carbocycles. The molecule has 1 saturated heterocycles.